The second kappa shape index (κ2) is 5.59. The molecule has 1 aliphatic carbocycles. The van der Waals surface area contributed by atoms with E-state index in [4.69, 9.17) is 10.5 Å². The topological polar surface area (TPSA) is 48.1 Å². The van der Waals surface area contributed by atoms with Crippen molar-refractivity contribution in [3.8, 4) is 0 Å². The molecule has 2 fully saturated rings. The van der Waals surface area contributed by atoms with E-state index in [-0.39, 0.29) is 5.60 Å². The lowest BCUT2D eigenvalue weighted by molar-refractivity contribution is -0.146. The zero-order chi connectivity index (χ0) is 13.1. The fourth-order valence-corrected chi connectivity index (χ4v) is 3.47. The molecule has 1 aromatic rings. The summed E-state index contributed by atoms with van der Waals surface area (Å²) in [4.78, 5) is 4.16. The van der Waals surface area contributed by atoms with Crippen molar-refractivity contribution in [1.82, 2.24) is 4.98 Å². The van der Waals surface area contributed by atoms with Crippen LogP contribution < -0.4 is 5.73 Å². The quantitative estimate of drug-likeness (QED) is 0.905. The molecule has 1 spiro atoms. The van der Waals surface area contributed by atoms with Crippen LogP contribution in [0.1, 0.15) is 44.1 Å². The number of rotatable bonds is 4. The van der Waals surface area contributed by atoms with Gasteiger partial charge in [-0.3, -0.25) is 4.98 Å². The standard InChI is InChI=1S/C16H24N2O/c17-15(5-4-13-3-1-9-18-12-13)14-6-10-19-16(11-14)7-2-8-16/h1,3,9,12,14-15H,2,4-8,10-11,17H2. The summed E-state index contributed by atoms with van der Waals surface area (Å²) in [6.45, 7) is 0.908. The molecule has 19 heavy (non-hydrogen) atoms. The summed E-state index contributed by atoms with van der Waals surface area (Å²) in [5.41, 5.74) is 7.93. The monoisotopic (exact) mass is 260 g/mol. The van der Waals surface area contributed by atoms with Crippen molar-refractivity contribution < 1.29 is 4.74 Å². The highest BCUT2D eigenvalue weighted by Crippen LogP contribution is 2.45. The molecule has 0 aromatic carbocycles. The maximum Gasteiger partial charge on any atom is 0.0685 e. The van der Waals surface area contributed by atoms with Crippen molar-refractivity contribution in [2.75, 3.05) is 6.61 Å². The van der Waals surface area contributed by atoms with Gasteiger partial charge in [0.25, 0.3) is 0 Å². The smallest absolute Gasteiger partial charge is 0.0685 e. The third-order valence-corrected chi connectivity index (χ3v) is 4.89. The number of ether oxygens (including phenoxy) is 1. The van der Waals surface area contributed by atoms with Gasteiger partial charge in [0, 0.05) is 25.0 Å². The van der Waals surface area contributed by atoms with Crippen molar-refractivity contribution >= 4 is 0 Å². The molecule has 2 unspecified atom stereocenters. The second-order valence-corrected chi connectivity index (χ2v) is 6.20. The van der Waals surface area contributed by atoms with Crippen molar-refractivity contribution in [2.45, 2.75) is 56.6 Å². The van der Waals surface area contributed by atoms with Gasteiger partial charge in [0.05, 0.1) is 5.60 Å². The molecule has 1 aliphatic heterocycles. The predicted molar refractivity (Wildman–Crippen MR) is 75.8 cm³/mol. The molecule has 2 N–H and O–H groups in total. The minimum absolute atomic E-state index is 0.217. The molecule has 0 radical (unpaired) electrons. The lowest BCUT2D eigenvalue weighted by Gasteiger charge is -2.48. The van der Waals surface area contributed by atoms with E-state index in [0.717, 1.165) is 25.9 Å². The van der Waals surface area contributed by atoms with E-state index < -0.39 is 0 Å². The fraction of sp³-hybridized carbons (Fsp3) is 0.688. The Hall–Kier alpha value is -0.930. The van der Waals surface area contributed by atoms with Crippen LogP contribution in [-0.4, -0.2) is 23.2 Å². The summed E-state index contributed by atoms with van der Waals surface area (Å²) in [6, 6.07) is 4.44. The maximum absolute atomic E-state index is 6.42. The molecule has 0 bridgehead atoms. The molecular weight excluding hydrogens is 236 g/mol. The molecule has 3 heteroatoms. The highest BCUT2D eigenvalue weighted by molar-refractivity contribution is 5.09. The minimum atomic E-state index is 0.217. The van der Waals surface area contributed by atoms with Gasteiger partial charge in [0.2, 0.25) is 0 Å². The summed E-state index contributed by atoms with van der Waals surface area (Å²) in [5, 5.41) is 0. The third kappa shape index (κ3) is 2.98. The van der Waals surface area contributed by atoms with E-state index in [0.29, 0.717) is 12.0 Å². The second-order valence-electron chi connectivity index (χ2n) is 6.20. The Labute approximate surface area is 115 Å². The van der Waals surface area contributed by atoms with Crippen LogP contribution in [-0.2, 0) is 11.2 Å². The Balaban J connectivity index is 1.51. The minimum Gasteiger partial charge on any atom is -0.375 e. The Morgan fingerprint density at radius 2 is 2.37 bits per heavy atom. The first kappa shape index (κ1) is 13.1. The Kier molecular flexibility index (Phi) is 3.85. The van der Waals surface area contributed by atoms with Gasteiger partial charge in [-0.15, -0.1) is 0 Å². The molecule has 2 atom stereocenters. The normalized spacial score (nSPS) is 26.9. The summed E-state index contributed by atoms with van der Waals surface area (Å²) in [6.07, 6.45) is 12.0. The number of hydrogen-bond acceptors (Lipinski definition) is 3. The Morgan fingerprint density at radius 1 is 1.47 bits per heavy atom. The zero-order valence-corrected chi connectivity index (χ0v) is 11.6. The summed E-state index contributed by atoms with van der Waals surface area (Å²) >= 11 is 0. The van der Waals surface area contributed by atoms with E-state index in [9.17, 15) is 0 Å². The molecule has 0 amide bonds. The number of aryl methyl sites for hydroxylation is 1. The lowest BCUT2D eigenvalue weighted by Crippen LogP contribution is -2.49. The van der Waals surface area contributed by atoms with E-state index in [1.165, 1.54) is 31.2 Å². The summed E-state index contributed by atoms with van der Waals surface area (Å²) in [5.74, 6) is 0.644. The molecule has 2 heterocycles. The van der Waals surface area contributed by atoms with Crippen molar-refractivity contribution in [2.24, 2.45) is 11.7 Å². The van der Waals surface area contributed by atoms with Gasteiger partial charge < -0.3 is 10.5 Å². The van der Waals surface area contributed by atoms with Crippen LogP contribution >= 0.6 is 0 Å². The number of hydrogen-bond donors (Lipinski definition) is 1. The maximum atomic E-state index is 6.42. The van der Waals surface area contributed by atoms with Gasteiger partial charge in [-0.1, -0.05) is 6.07 Å². The SMILES string of the molecule is NC(CCc1cccnc1)C1CCOC2(CCC2)C1. The third-order valence-electron chi connectivity index (χ3n) is 4.89. The van der Waals surface area contributed by atoms with Gasteiger partial charge in [0.15, 0.2) is 0 Å². The average molecular weight is 260 g/mol. The first-order valence-corrected chi connectivity index (χ1v) is 7.56. The van der Waals surface area contributed by atoms with E-state index in [1.807, 2.05) is 18.5 Å². The van der Waals surface area contributed by atoms with Crippen molar-refractivity contribution in [3.05, 3.63) is 30.1 Å². The van der Waals surface area contributed by atoms with Crippen LogP contribution in [0, 0.1) is 5.92 Å². The number of nitrogens with zero attached hydrogens (tertiary/aromatic N) is 1. The Morgan fingerprint density at radius 3 is 3.05 bits per heavy atom. The van der Waals surface area contributed by atoms with Crippen LogP contribution in [0.4, 0.5) is 0 Å². The predicted octanol–water partition coefficient (Wildman–Crippen LogP) is 2.69. The van der Waals surface area contributed by atoms with Gasteiger partial charge in [0.1, 0.15) is 0 Å². The highest BCUT2D eigenvalue weighted by atomic mass is 16.5. The van der Waals surface area contributed by atoms with E-state index >= 15 is 0 Å². The Bertz CT molecular complexity index is 402. The van der Waals surface area contributed by atoms with Crippen LogP contribution in [0.5, 0.6) is 0 Å². The number of nitrogens with two attached hydrogens (primary N) is 1. The van der Waals surface area contributed by atoms with Gasteiger partial charge in [-0.25, -0.2) is 0 Å². The molecule has 1 saturated carbocycles. The molecule has 3 nitrogen and oxygen atoms in total. The van der Waals surface area contributed by atoms with E-state index in [1.54, 1.807) is 0 Å². The number of pyridine rings is 1. The molecule has 1 saturated heterocycles. The van der Waals surface area contributed by atoms with Crippen molar-refractivity contribution in [1.29, 1.82) is 0 Å². The first-order valence-electron chi connectivity index (χ1n) is 7.56. The average Bonchev–Trinajstić information content (AvgIpc) is 2.44. The van der Waals surface area contributed by atoms with Crippen molar-refractivity contribution in [3.63, 3.8) is 0 Å². The highest BCUT2D eigenvalue weighted by Gasteiger charge is 2.43. The fourth-order valence-electron chi connectivity index (χ4n) is 3.47. The van der Waals surface area contributed by atoms with E-state index in [2.05, 4.69) is 11.1 Å². The van der Waals surface area contributed by atoms with Gasteiger partial charge in [-0.05, 0) is 62.5 Å². The van der Waals surface area contributed by atoms with Crippen LogP contribution in [0.15, 0.2) is 24.5 Å². The van der Waals surface area contributed by atoms with Crippen LogP contribution in [0.2, 0.25) is 0 Å². The van der Waals surface area contributed by atoms with Gasteiger partial charge >= 0.3 is 0 Å². The lowest BCUT2D eigenvalue weighted by atomic mass is 9.70. The van der Waals surface area contributed by atoms with Gasteiger partial charge in [-0.2, -0.15) is 0 Å². The summed E-state index contributed by atoms with van der Waals surface area (Å²) < 4.78 is 5.98. The molecule has 3 rings (SSSR count). The molecule has 104 valence electrons. The number of aromatic nitrogens is 1. The van der Waals surface area contributed by atoms with Crippen LogP contribution in [0.3, 0.4) is 0 Å². The molecular formula is C16H24N2O. The summed E-state index contributed by atoms with van der Waals surface area (Å²) in [7, 11) is 0. The van der Waals surface area contributed by atoms with Crippen LogP contribution in [0.25, 0.3) is 0 Å². The zero-order valence-electron chi connectivity index (χ0n) is 11.6. The molecule has 1 aromatic heterocycles. The first-order chi connectivity index (χ1) is 9.27. The molecule has 2 aliphatic rings. The largest absolute Gasteiger partial charge is 0.375 e.